The van der Waals surface area contributed by atoms with Crippen LogP contribution in [0.4, 0.5) is 0 Å². The summed E-state index contributed by atoms with van der Waals surface area (Å²) in [5.41, 5.74) is 0.281. The van der Waals surface area contributed by atoms with Crippen LogP contribution in [-0.2, 0) is 4.79 Å². The molecule has 0 aliphatic carbocycles. The Hall–Kier alpha value is -1.04. The van der Waals surface area contributed by atoms with Crippen molar-refractivity contribution in [1.29, 1.82) is 5.26 Å². The molecular formula is C10H16N2O. The van der Waals surface area contributed by atoms with Crippen LogP contribution in [0.3, 0.4) is 0 Å². The van der Waals surface area contributed by atoms with Crippen LogP contribution in [0.5, 0.6) is 0 Å². The lowest BCUT2D eigenvalue weighted by atomic mass is 9.76. The predicted octanol–water partition coefficient (Wildman–Crippen LogP) is 1.40. The summed E-state index contributed by atoms with van der Waals surface area (Å²) in [6.07, 6.45) is 0.0247. The fraction of sp³-hybridized carbons (Fsp3) is 0.800. The highest BCUT2D eigenvalue weighted by Crippen LogP contribution is 2.33. The summed E-state index contributed by atoms with van der Waals surface area (Å²) in [6.45, 7) is 8.20. The van der Waals surface area contributed by atoms with E-state index in [0.29, 0.717) is 5.92 Å². The van der Waals surface area contributed by atoms with Gasteiger partial charge < -0.3 is 4.90 Å². The van der Waals surface area contributed by atoms with E-state index < -0.39 is 0 Å². The molecule has 0 bridgehead atoms. The second-order valence-corrected chi connectivity index (χ2v) is 4.70. The molecule has 72 valence electrons. The van der Waals surface area contributed by atoms with Crippen LogP contribution < -0.4 is 0 Å². The molecule has 3 heteroatoms. The number of nitrogens with zero attached hydrogens (tertiary/aromatic N) is 2. The third-order valence-corrected chi connectivity index (χ3v) is 2.69. The summed E-state index contributed by atoms with van der Waals surface area (Å²) in [4.78, 5) is 13.0. The van der Waals surface area contributed by atoms with Crippen molar-refractivity contribution >= 4 is 5.91 Å². The summed E-state index contributed by atoms with van der Waals surface area (Å²) in [7, 11) is 0. The maximum atomic E-state index is 11.2. The van der Waals surface area contributed by atoms with Crippen molar-refractivity contribution < 1.29 is 4.79 Å². The molecule has 0 unspecified atom stereocenters. The van der Waals surface area contributed by atoms with E-state index in [1.54, 1.807) is 4.90 Å². The molecule has 0 atom stereocenters. The van der Waals surface area contributed by atoms with Crippen LogP contribution >= 0.6 is 0 Å². The van der Waals surface area contributed by atoms with Crippen LogP contribution in [0, 0.1) is 22.7 Å². The Morgan fingerprint density at radius 3 is 2.46 bits per heavy atom. The van der Waals surface area contributed by atoms with Crippen LogP contribution in [0.2, 0.25) is 0 Å². The Morgan fingerprint density at radius 2 is 2.08 bits per heavy atom. The summed E-state index contributed by atoms with van der Waals surface area (Å²) < 4.78 is 0. The maximum absolute atomic E-state index is 11.2. The first kappa shape index (κ1) is 10.0. The summed E-state index contributed by atoms with van der Waals surface area (Å²) in [6, 6.07) is 1.88. The van der Waals surface area contributed by atoms with Gasteiger partial charge in [-0.3, -0.25) is 4.79 Å². The quantitative estimate of drug-likeness (QED) is 0.612. The zero-order valence-electron chi connectivity index (χ0n) is 8.50. The highest BCUT2D eigenvalue weighted by atomic mass is 16.2. The molecule has 13 heavy (non-hydrogen) atoms. The molecule has 0 spiro atoms. The van der Waals surface area contributed by atoms with Crippen molar-refractivity contribution in [3.05, 3.63) is 0 Å². The van der Waals surface area contributed by atoms with Crippen LogP contribution in [0.1, 0.15) is 27.2 Å². The van der Waals surface area contributed by atoms with E-state index in [2.05, 4.69) is 20.8 Å². The Morgan fingerprint density at radius 1 is 1.54 bits per heavy atom. The maximum Gasteiger partial charge on any atom is 0.236 e. The molecule has 1 aliphatic heterocycles. The zero-order valence-corrected chi connectivity index (χ0v) is 8.50. The molecule has 1 aliphatic rings. The van der Waals surface area contributed by atoms with E-state index in [1.165, 1.54) is 0 Å². The van der Waals surface area contributed by atoms with E-state index in [-0.39, 0.29) is 17.7 Å². The van der Waals surface area contributed by atoms with Crippen molar-refractivity contribution in [3.8, 4) is 6.07 Å². The first-order valence-electron chi connectivity index (χ1n) is 4.60. The van der Waals surface area contributed by atoms with Gasteiger partial charge in [-0.25, -0.2) is 0 Å². The van der Waals surface area contributed by atoms with Gasteiger partial charge in [0.15, 0.2) is 0 Å². The lowest BCUT2D eigenvalue weighted by Crippen LogP contribution is -2.54. The number of amides is 1. The zero-order chi connectivity index (χ0) is 10.1. The highest BCUT2D eigenvalue weighted by molar-refractivity contribution is 5.79. The van der Waals surface area contributed by atoms with Crippen molar-refractivity contribution in [1.82, 2.24) is 4.90 Å². The first-order chi connectivity index (χ1) is 5.95. The molecule has 1 heterocycles. The molecule has 1 fully saturated rings. The molecule has 1 rings (SSSR count). The lowest BCUT2D eigenvalue weighted by molar-refractivity contribution is -0.139. The SMILES string of the molecule is CC(C)(C)C1CN(C(=O)CC#N)C1. The molecule has 1 amide bonds. The number of hydrogen-bond acceptors (Lipinski definition) is 2. The van der Waals surface area contributed by atoms with Gasteiger partial charge in [-0.2, -0.15) is 5.26 Å². The van der Waals surface area contributed by atoms with Crippen molar-refractivity contribution in [2.24, 2.45) is 11.3 Å². The molecular weight excluding hydrogens is 164 g/mol. The fourth-order valence-electron chi connectivity index (χ4n) is 1.41. The Labute approximate surface area is 79.3 Å². The van der Waals surface area contributed by atoms with Gasteiger partial charge in [-0.05, 0) is 11.3 Å². The van der Waals surface area contributed by atoms with Crippen LogP contribution in [-0.4, -0.2) is 23.9 Å². The molecule has 3 nitrogen and oxygen atoms in total. The molecule has 0 aromatic heterocycles. The molecule has 1 saturated heterocycles. The number of nitriles is 1. The highest BCUT2D eigenvalue weighted by Gasteiger charge is 2.37. The fourth-order valence-corrected chi connectivity index (χ4v) is 1.41. The predicted molar refractivity (Wildman–Crippen MR) is 49.8 cm³/mol. The molecule has 0 aromatic carbocycles. The van der Waals surface area contributed by atoms with Gasteiger partial charge in [0.2, 0.25) is 5.91 Å². The minimum absolute atomic E-state index is 0.0247. The number of carbonyl (C=O) groups is 1. The van der Waals surface area contributed by atoms with E-state index >= 15 is 0 Å². The lowest BCUT2D eigenvalue weighted by Gasteiger charge is -2.46. The number of carbonyl (C=O) groups excluding carboxylic acids is 1. The van der Waals surface area contributed by atoms with Gasteiger partial charge in [0, 0.05) is 13.1 Å². The Balaban J connectivity index is 2.34. The second kappa shape index (κ2) is 3.37. The Bertz CT molecular complexity index is 241. The molecule has 0 aromatic rings. The smallest absolute Gasteiger partial charge is 0.236 e. The standard InChI is InChI=1S/C10H16N2O/c1-10(2,3)8-6-12(7-8)9(13)4-5-11/h8H,4,6-7H2,1-3H3. The first-order valence-corrected chi connectivity index (χ1v) is 4.60. The van der Waals surface area contributed by atoms with Crippen molar-refractivity contribution in [2.45, 2.75) is 27.2 Å². The second-order valence-electron chi connectivity index (χ2n) is 4.70. The minimum Gasteiger partial charge on any atom is -0.341 e. The van der Waals surface area contributed by atoms with E-state index in [9.17, 15) is 4.79 Å². The third-order valence-electron chi connectivity index (χ3n) is 2.69. The molecule has 0 saturated carbocycles. The van der Waals surface area contributed by atoms with Gasteiger partial charge in [-0.1, -0.05) is 20.8 Å². The minimum atomic E-state index is -0.0250. The number of rotatable bonds is 1. The largest absolute Gasteiger partial charge is 0.341 e. The topological polar surface area (TPSA) is 44.1 Å². The average molecular weight is 180 g/mol. The van der Waals surface area contributed by atoms with Gasteiger partial charge in [-0.15, -0.1) is 0 Å². The third kappa shape index (κ3) is 2.21. The van der Waals surface area contributed by atoms with Crippen molar-refractivity contribution in [3.63, 3.8) is 0 Å². The number of likely N-dealkylation sites (tertiary alicyclic amines) is 1. The molecule has 0 N–H and O–H groups in total. The average Bonchev–Trinajstić information content (AvgIpc) is 1.79. The van der Waals surface area contributed by atoms with Gasteiger partial charge in [0.25, 0.3) is 0 Å². The Kier molecular flexibility index (Phi) is 2.60. The summed E-state index contributed by atoms with van der Waals surface area (Å²) >= 11 is 0. The van der Waals surface area contributed by atoms with E-state index in [1.807, 2.05) is 6.07 Å². The van der Waals surface area contributed by atoms with Crippen LogP contribution in [0.25, 0.3) is 0 Å². The van der Waals surface area contributed by atoms with Gasteiger partial charge >= 0.3 is 0 Å². The van der Waals surface area contributed by atoms with E-state index in [0.717, 1.165) is 13.1 Å². The summed E-state index contributed by atoms with van der Waals surface area (Å²) in [5, 5.41) is 8.33. The van der Waals surface area contributed by atoms with Crippen LogP contribution in [0.15, 0.2) is 0 Å². The van der Waals surface area contributed by atoms with Gasteiger partial charge in [0.05, 0.1) is 6.07 Å². The normalized spacial score (nSPS) is 17.8. The van der Waals surface area contributed by atoms with E-state index in [4.69, 9.17) is 5.26 Å². The number of hydrogen-bond donors (Lipinski definition) is 0. The summed E-state index contributed by atoms with van der Waals surface area (Å²) in [5.74, 6) is 0.568. The monoisotopic (exact) mass is 180 g/mol. The van der Waals surface area contributed by atoms with Gasteiger partial charge in [0.1, 0.15) is 6.42 Å². The molecule has 0 radical (unpaired) electrons. The van der Waals surface area contributed by atoms with Crippen molar-refractivity contribution in [2.75, 3.05) is 13.1 Å².